The summed E-state index contributed by atoms with van der Waals surface area (Å²) < 4.78 is 30.0. The standard InChI is InChI=1S/C8H8NO4S/c1-9(6-10)7-2-4-8(5-3-7)14(11,12)13/h2-5H,1H3,(H,11,12,13). The van der Waals surface area contributed by atoms with Gasteiger partial charge in [0.15, 0.2) is 0 Å². The third-order valence-corrected chi connectivity index (χ3v) is 2.53. The average Bonchev–Trinajstić information content (AvgIpc) is 2.15. The fourth-order valence-corrected chi connectivity index (χ4v) is 1.37. The van der Waals surface area contributed by atoms with Crippen molar-refractivity contribution in [1.82, 2.24) is 0 Å². The molecule has 0 unspecified atom stereocenters. The van der Waals surface area contributed by atoms with Crippen molar-refractivity contribution in [3.05, 3.63) is 24.3 Å². The molecule has 1 amide bonds. The van der Waals surface area contributed by atoms with Gasteiger partial charge < -0.3 is 4.90 Å². The van der Waals surface area contributed by atoms with Crippen LogP contribution in [0.4, 0.5) is 5.69 Å². The monoisotopic (exact) mass is 214 g/mol. The van der Waals surface area contributed by atoms with Crippen LogP contribution < -0.4 is 4.90 Å². The molecule has 1 aromatic rings. The van der Waals surface area contributed by atoms with E-state index in [2.05, 4.69) is 0 Å². The molecular formula is C8H8NO4S. The molecule has 75 valence electrons. The van der Waals surface area contributed by atoms with Crippen LogP contribution in [0, 0.1) is 0 Å². The first-order valence-corrected chi connectivity index (χ1v) is 5.08. The van der Waals surface area contributed by atoms with Crippen LogP contribution in [0.15, 0.2) is 29.2 Å². The van der Waals surface area contributed by atoms with Crippen molar-refractivity contribution < 1.29 is 17.8 Å². The Balaban J connectivity index is 3.07. The van der Waals surface area contributed by atoms with E-state index in [1.807, 2.05) is 0 Å². The van der Waals surface area contributed by atoms with Crippen molar-refractivity contribution >= 4 is 22.2 Å². The second-order valence-corrected chi connectivity index (χ2v) is 4.04. The highest BCUT2D eigenvalue weighted by Gasteiger charge is 2.09. The van der Waals surface area contributed by atoms with Crippen LogP contribution in [0.1, 0.15) is 0 Å². The molecule has 0 spiro atoms. The third-order valence-electron chi connectivity index (χ3n) is 1.66. The first-order valence-electron chi connectivity index (χ1n) is 3.64. The Labute approximate surface area is 81.7 Å². The molecule has 0 fully saturated rings. The third kappa shape index (κ3) is 2.30. The van der Waals surface area contributed by atoms with Gasteiger partial charge in [0.1, 0.15) is 0 Å². The highest BCUT2D eigenvalue weighted by Crippen LogP contribution is 2.15. The van der Waals surface area contributed by atoms with Gasteiger partial charge in [-0.2, -0.15) is 8.42 Å². The molecule has 14 heavy (non-hydrogen) atoms. The van der Waals surface area contributed by atoms with Gasteiger partial charge in [-0.1, -0.05) is 0 Å². The summed E-state index contributed by atoms with van der Waals surface area (Å²) in [5.74, 6) is 0. The molecule has 0 aliphatic carbocycles. The molecule has 1 rings (SSSR count). The van der Waals surface area contributed by atoms with Crippen molar-refractivity contribution in [3.8, 4) is 0 Å². The van der Waals surface area contributed by atoms with E-state index >= 15 is 0 Å². The maximum absolute atomic E-state index is 10.6. The predicted octanol–water partition coefficient (Wildman–Crippen LogP) is 0.437. The normalized spacial score (nSPS) is 11.0. The summed E-state index contributed by atoms with van der Waals surface area (Å²) in [6, 6.07) is 5.21. The minimum Gasteiger partial charge on any atom is -0.307 e. The Hall–Kier alpha value is -1.40. The van der Waals surface area contributed by atoms with E-state index in [1.54, 1.807) is 6.41 Å². The van der Waals surface area contributed by atoms with Gasteiger partial charge in [-0.3, -0.25) is 9.35 Å². The Bertz CT molecular complexity index is 423. The first-order chi connectivity index (χ1) is 6.45. The van der Waals surface area contributed by atoms with E-state index in [0.717, 1.165) is 4.90 Å². The van der Waals surface area contributed by atoms with Crippen LogP contribution in [0.2, 0.25) is 0 Å². The van der Waals surface area contributed by atoms with Crippen molar-refractivity contribution in [2.45, 2.75) is 4.90 Å². The molecule has 0 atom stereocenters. The summed E-state index contributed by atoms with van der Waals surface area (Å²) in [6.07, 6.45) is 1.61. The second kappa shape index (κ2) is 3.77. The van der Waals surface area contributed by atoms with Crippen LogP contribution in [0.3, 0.4) is 0 Å². The number of carbonyl (C=O) groups excluding carboxylic acids is 1. The molecule has 0 saturated carbocycles. The maximum atomic E-state index is 10.6. The molecule has 0 bridgehead atoms. The predicted molar refractivity (Wildman–Crippen MR) is 50.4 cm³/mol. The summed E-state index contributed by atoms with van der Waals surface area (Å²) in [7, 11) is -2.69. The molecule has 0 aliphatic rings. The number of hydrogen-bond acceptors (Lipinski definition) is 3. The van der Waals surface area contributed by atoms with E-state index in [-0.39, 0.29) is 4.90 Å². The van der Waals surface area contributed by atoms with E-state index in [1.165, 1.54) is 31.3 Å². The van der Waals surface area contributed by atoms with Gasteiger partial charge in [0.25, 0.3) is 10.1 Å². The number of benzene rings is 1. The topological polar surface area (TPSA) is 74.7 Å². The fourth-order valence-electron chi connectivity index (χ4n) is 0.894. The molecule has 0 aliphatic heterocycles. The van der Waals surface area contributed by atoms with E-state index in [4.69, 9.17) is 4.55 Å². The van der Waals surface area contributed by atoms with Crippen molar-refractivity contribution in [3.63, 3.8) is 0 Å². The van der Waals surface area contributed by atoms with Crippen LogP contribution in [0.25, 0.3) is 0 Å². The molecule has 0 aromatic heterocycles. The molecule has 1 N–H and O–H groups in total. The van der Waals surface area contributed by atoms with Crippen molar-refractivity contribution in [1.29, 1.82) is 0 Å². The fraction of sp³-hybridized carbons (Fsp3) is 0.125. The summed E-state index contributed by atoms with van der Waals surface area (Å²) in [6.45, 7) is 0. The molecule has 1 aromatic carbocycles. The average molecular weight is 214 g/mol. The Kier molecular flexibility index (Phi) is 2.87. The van der Waals surface area contributed by atoms with Crippen LogP contribution in [-0.2, 0) is 14.9 Å². The van der Waals surface area contributed by atoms with Gasteiger partial charge in [0.05, 0.1) is 4.90 Å². The van der Waals surface area contributed by atoms with Crippen LogP contribution in [0.5, 0.6) is 0 Å². The zero-order valence-electron chi connectivity index (χ0n) is 7.34. The van der Waals surface area contributed by atoms with Crippen molar-refractivity contribution in [2.24, 2.45) is 0 Å². The Morgan fingerprint density at radius 1 is 1.29 bits per heavy atom. The summed E-state index contributed by atoms with van der Waals surface area (Å²) in [5, 5.41) is 0. The molecule has 0 saturated heterocycles. The lowest BCUT2D eigenvalue weighted by Crippen LogP contribution is -2.13. The summed E-state index contributed by atoms with van der Waals surface area (Å²) in [5.41, 5.74) is 0.493. The number of anilines is 1. The van der Waals surface area contributed by atoms with Gasteiger partial charge >= 0.3 is 6.41 Å². The number of rotatable bonds is 3. The van der Waals surface area contributed by atoms with Crippen LogP contribution >= 0.6 is 0 Å². The van der Waals surface area contributed by atoms with E-state index in [9.17, 15) is 13.2 Å². The lowest BCUT2D eigenvalue weighted by Gasteiger charge is -2.08. The number of nitrogens with zero attached hydrogens (tertiary/aromatic N) is 1. The molecule has 6 heteroatoms. The van der Waals surface area contributed by atoms with Crippen molar-refractivity contribution in [2.75, 3.05) is 11.9 Å². The zero-order chi connectivity index (χ0) is 10.8. The van der Waals surface area contributed by atoms with Crippen LogP contribution in [-0.4, -0.2) is 26.4 Å². The zero-order valence-corrected chi connectivity index (χ0v) is 8.15. The van der Waals surface area contributed by atoms with Gasteiger partial charge in [-0.25, -0.2) is 0 Å². The van der Waals surface area contributed by atoms with Gasteiger partial charge in [0, 0.05) is 12.7 Å². The van der Waals surface area contributed by atoms with E-state index in [0.29, 0.717) is 5.69 Å². The minimum absolute atomic E-state index is 0.208. The highest BCUT2D eigenvalue weighted by molar-refractivity contribution is 7.85. The largest absolute Gasteiger partial charge is 0.316 e. The number of amides is 1. The maximum Gasteiger partial charge on any atom is 0.316 e. The Morgan fingerprint density at radius 2 is 1.79 bits per heavy atom. The molecule has 1 radical (unpaired) electrons. The summed E-state index contributed by atoms with van der Waals surface area (Å²) >= 11 is 0. The molecular weight excluding hydrogens is 206 g/mol. The summed E-state index contributed by atoms with van der Waals surface area (Å²) in [4.78, 5) is 11.2. The van der Waals surface area contributed by atoms with Gasteiger partial charge in [-0.05, 0) is 24.3 Å². The molecule has 5 nitrogen and oxygen atoms in total. The SMILES string of the molecule is CN([C]=O)c1ccc(S(=O)(=O)O)cc1. The number of hydrogen-bond donors (Lipinski definition) is 1. The van der Waals surface area contributed by atoms with E-state index < -0.39 is 10.1 Å². The molecule has 0 heterocycles. The second-order valence-electron chi connectivity index (χ2n) is 2.62. The Morgan fingerprint density at radius 3 is 2.14 bits per heavy atom. The lowest BCUT2D eigenvalue weighted by molar-refractivity contribution is 0.483. The highest BCUT2D eigenvalue weighted by atomic mass is 32.2. The van der Waals surface area contributed by atoms with Gasteiger partial charge in [-0.15, -0.1) is 0 Å². The smallest absolute Gasteiger partial charge is 0.307 e. The van der Waals surface area contributed by atoms with Gasteiger partial charge in [0.2, 0.25) is 0 Å². The quantitative estimate of drug-likeness (QED) is 0.585. The lowest BCUT2D eigenvalue weighted by atomic mass is 10.3. The first kappa shape index (κ1) is 10.7. The minimum atomic E-state index is -4.17.